The molecule has 0 aliphatic carbocycles. The number of hydrogen-bond donors (Lipinski definition) is 1. The lowest BCUT2D eigenvalue weighted by molar-refractivity contribution is -0.114. The van der Waals surface area contributed by atoms with Crippen molar-refractivity contribution in [3.05, 3.63) is 69.2 Å². The van der Waals surface area contributed by atoms with E-state index in [4.69, 9.17) is 11.6 Å². The molecule has 0 atom stereocenters. The molecule has 1 aliphatic heterocycles. The molecule has 0 saturated heterocycles. The lowest BCUT2D eigenvalue weighted by atomic mass is 10.1. The summed E-state index contributed by atoms with van der Waals surface area (Å²) < 4.78 is 1.70. The summed E-state index contributed by atoms with van der Waals surface area (Å²) in [6.07, 6.45) is 2.78. The molecule has 1 N–H and O–H groups in total. The highest BCUT2D eigenvalue weighted by molar-refractivity contribution is 6.31. The van der Waals surface area contributed by atoms with Crippen LogP contribution in [0.15, 0.2) is 47.3 Å². The van der Waals surface area contributed by atoms with Crippen molar-refractivity contribution in [3.63, 3.8) is 0 Å². The highest BCUT2D eigenvalue weighted by atomic mass is 35.5. The quantitative estimate of drug-likeness (QED) is 0.747. The number of carbonyl (C=O) groups excluding carboxylic acids is 1. The molecule has 26 heavy (non-hydrogen) atoms. The molecule has 0 spiro atoms. The third-order valence-electron chi connectivity index (χ3n) is 4.38. The lowest BCUT2D eigenvalue weighted by Crippen LogP contribution is -2.20. The standard InChI is InChI=1S/C20H16ClN3O2/c1-12(25)22-16-5-2-13(3-6-16)10-14-8-9-24-19(14)23-18-7-4-15(21)11-17(18)20(24)26/h2-7,10-11H,8-9H2,1H3,(H,22,25)/b14-10-. The number of fused-ring (bicyclic) bond motifs is 2. The smallest absolute Gasteiger partial charge is 0.261 e. The van der Waals surface area contributed by atoms with Gasteiger partial charge in [-0.2, -0.15) is 0 Å². The number of carbonyl (C=O) groups is 1. The first-order valence-corrected chi connectivity index (χ1v) is 8.68. The first-order chi connectivity index (χ1) is 12.5. The van der Waals surface area contributed by atoms with Crippen molar-refractivity contribution in [3.8, 4) is 0 Å². The van der Waals surface area contributed by atoms with E-state index in [0.29, 0.717) is 28.3 Å². The Hall–Kier alpha value is -2.92. The molecule has 4 rings (SSSR count). The Morgan fingerprint density at radius 2 is 2.00 bits per heavy atom. The second-order valence-electron chi connectivity index (χ2n) is 6.28. The van der Waals surface area contributed by atoms with Crippen LogP contribution in [0.3, 0.4) is 0 Å². The van der Waals surface area contributed by atoms with Gasteiger partial charge in [0.1, 0.15) is 5.82 Å². The van der Waals surface area contributed by atoms with Gasteiger partial charge in [-0.1, -0.05) is 23.7 Å². The molecule has 0 unspecified atom stereocenters. The van der Waals surface area contributed by atoms with E-state index in [1.165, 1.54) is 6.92 Å². The Morgan fingerprint density at radius 1 is 1.23 bits per heavy atom. The molecule has 1 amide bonds. The van der Waals surface area contributed by atoms with Crippen LogP contribution in [0.1, 0.15) is 24.7 Å². The Balaban J connectivity index is 1.74. The topological polar surface area (TPSA) is 64.0 Å². The maximum atomic E-state index is 12.7. The zero-order chi connectivity index (χ0) is 18.3. The van der Waals surface area contributed by atoms with Crippen LogP contribution in [0.2, 0.25) is 5.02 Å². The van der Waals surface area contributed by atoms with Crippen molar-refractivity contribution in [1.82, 2.24) is 9.55 Å². The fourth-order valence-electron chi connectivity index (χ4n) is 3.19. The van der Waals surface area contributed by atoms with E-state index in [1.807, 2.05) is 30.3 Å². The van der Waals surface area contributed by atoms with Gasteiger partial charge in [0.15, 0.2) is 0 Å². The number of benzene rings is 2. The third-order valence-corrected chi connectivity index (χ3v) is 4.62. The minimum Gasteiger partial charge on any atom is -0.326 e. The van der Waals surface area contributed by atoms with Crippen LogP contribution in [0.25, 0.3) is 22.6 Å². The number of rotatable bonds is 2. The molecule has 1 aliphatic rings. The van der Waals surface area contributed by atoms with Crippen molar-refractivity contribution in [1.29, 1.82) is 0 Å². The van der Waals surface area contributed by atoms with E-state index in [2.05, 4.69) is 10.3 Å². The number of nitrogens with one attached hydrogen (secondary N) is 1. The highest BCUT2D eigenvalue weighted by Crippen LogP contribution is 2.28. The first-order valence-electron chi connectivity index (χ1n) is 8.30. The van der Waals surface area contributed by atoms with Crippen molar-refractivity contribution >= 4 is 45.7 Å². The minimum absolute atomic E-state index is 0.0584. The molecule has 0 radical (unpaired) electrons. The number of hydrogen-bond acceptors (Lipinski definition) is 3. The SMILES string of the molecule is CC(=O)Nc1ccc(/C=C2/CCn3c2nc2ccc(Cl)cc2c3=O)cc1. The fourth-order valence-corrected chi connectivity index (χ4v) is 3.37. The van der Waals surface area contributed by atoms with Gasteiger partial charge in [-0.15, -0.1) is 0 Å². The largest absolute Gasteiger partial charge is 0.326 e. The van der Waals surface area contributed by atoms with E-state index in [-0.39, 0.29) is 11.5 Å². The number of allylic oxidation sites excluding steroid dienone is 1. The number of nitrogens with zero attached hydrogens (tertiary/aromatic N) is 2. The van der Waals surface area contributed by atoms with E-state index in [0.717, 1.165) is 23.2 Å². The van der Waals surface area contributed by atoms with E-state index in [1.54, 1.807) is 22.8 Å². The first kappa shape index (κ1) is 16.5. The number of halogens is 1. The summed E-state index contributed by atoms with van der Waals surface area (Å²) in [6, 6.07) is 12.8. The van der Waals surface area contributed by atoms with Crippen LogP contribution in [0.5, 0.6) is 0 Å². The van der Waals surface area contributed by atoms with Gasteiger partial charge in [0.05, 0.1) is 10.9 Å². The average molecular weight is 366 g/mol. The second-order valence-corrected chi connectivity index (χ2v) is 6.71. The zero-order valence-corrected chi connectivity index (χ0v) is 14.9. The van der Waals surface area contributed by atoms with Gasteiger partial charge in [0, 0.05) is 24.2 Å². The molecule has 0 saturated carbocycles. The highest BCUT2D eigenvalue weighted by Gasteiger charge is 2.20. The summed E-state index contributed by atoms with van der Waals surface area (Å²) in [5, 5.41) is 3.82. The van der Waals surface area contributed by atoms with E-state index >= 15 is 0 Å². The second kappa shape index (κ2) is 6.42. The van der Waals surface area contributed by atoms with Gasteiger partial charge in [0.25, 0.3) is 5.56 Å². The summed E-state index contributed by atoms with van der Waals surface area (Å²) in [4.78, 5) is 28.5. The Bertz CT molecular complexity index is 1110. The number of amides is 1. The van der Waals surface area contributed by atoms with Crippen molar-refractivity contribution in [2.75, 3.05) is 5.32 Å². The molecule has 0 bridgehead atoms. The third kappa shape index (κ3) is 3.02. The monoisotopic (exact) mass is 365 g/mol. The minimum atomic E-state index is -0.101. The maximum Gasteiger partial charge on any atom is 0.261 e. The normalized spacial score (nSPS) is 14.6. The number of anilines is 1. The molecule has 130 valence electrons. The predicted octanol–water partition coefficient (Wildman–Crippen LogP) is 3.95. The van der Waals surface area contributed by atoms with Crippen LogP contribution in [0.4, 0.5) is 5.69 Å². The van der Waals surface area contributed by atoms with E-state index in [9.17, 15) is 9.59 Å². The van der Waals surface area contributed by atoms with Crippen molar-refractivity contribution in [2.24, 2.45) is 0 Å². The fraction of sp³-hybridized carbons (Fsp3) is 0.150. The Labute approximate surface area is 154 Å². The Morgan fingerprint density at radius 3 is 2.73 bits per heavy atom. The average Bonchev–Trinajstić information content (AvgIpc) is 3.00. The van der Waals surface area contributed by atoms with Crippen LogP contribution >= 0.6 is 11.6 Å². The van der Waals surface area contributed by atoms with Gasteiger partial charge in [-0.3, -0.25) is 14.2 Å². The van der Waals surface area contributed by atoms with Crippen LogP contribution in [-0.2, 0) is 11.3 Å². The summed E-state index contributed by atoms with van der Waals surface area (Å²) in [7, 11) is 0. The van der Waals surface area contributed by atoms with Gasteiger partial charge in [0.2, 0.25) is 5.91 Å². The van der Waals surface area contributed by atoms with Crippen LogP contribution < -0.4 is 10.9 Å². The van der Waals surface area contributed by atoms with Gasteiger partial charge in [-0.05, 0) is 54.0 Å². The van der Waals surface area contributed by atoms with Crippen molar-refractivity contribution in [2.45, 2.75) is 19.9 Å². The molecule has 1 aromatic heterocycles. The van der Waals surface area contributed by atoms with Gasteiger partial charge in [-0.25, -0.2) is 4.98 Å². The lowest BCUT2D eigenvalue weighted by Gasteiger charge is -2.06. The van der Waals surface area contributed by atoms with Gasteiger partial charge >= 0.3 is 0 Å². The summed E-state index contributed by atoms with van der Waals surface area (Å²) in [6.45, 7) is 2.09. The summed E-state index contributed by atoms with van der Waals surface area (Å²) in [5.41, 5.74) is 3.36. The maximum absolute atomic E-state index is 12.7. The number of aromatic nitrogens is 2. The zero-order valence-electron chi connectivity index (χ0n) is 14.1. The summed E-state index contributed by atoms with van der Waals surface area (Å²) >= 11 is 6.01. The molecular formula is C20H16ClN3O2. The molecule has 2 heterocycles. The predicted molar refractivity (Wildman–Crippen MR) is 104 cm³/mol. The molecule has 2 aromatic carbocycles. The van der Waals surface area contributed by atoms with E-state index < -0.39 is 0 Å². The summed E-state index contributed by atoms with van der Waals surface area (Å²) in [5.74, 6) is 0.604. The van der Waals surface area contributed by atoms with Gasteiger partial charge < -0.3 is 5.32 Å². The molecule has 3 aromatic rings. The van der Waals surface area contributed by atoms with Crippen molar-refractivity contribution < 1.29 is 4.79 Å². The molecular weight excluding hydrogens is 350 g/mol. The van der Waals surface area contributed by atoms with Crippen LogP contribution in [0, 0.1) is 0 Å². The Kier molecular flexibility index (Phi) is 4.09. The molecule has 5 nitrogen and oxygen atoms in total. The molecule has 6 heteroatoms. The molecule has 0 fully saturated rings. The van der Waals surface area contributed by atoms with Crippen LogP contribution in [-0.4, -0.2) is 15.5 Å².